The lowest BCUT2D eigenvalue weighted by Crippen LogP contribution is -2.18. The van der Waals surface area contributed by atoms with Crippen LogP contribution in [-0.4, -0.2) is 14.2 Å². The van der Waals surface area contributed by atoms with Crippen molar-refractivity contribution in [3.05, 3.63) is 53.5 Å². The lowest BCUT2D eigenvalue weighted by Gasteiger charge is -2.14. The first-order valence-electron chi connectivity index (χ1n) is 6.09. The molecule has 1 unspecified atom stereocenters. The number of furan rings is 1. The molecule has 2 aromatic rings. The molecular formula is C15H19NO2. The van der Waals surface area contributed by atoms with E-state index in [1.54, 1.807) is 7.11 Å². The highest BCUT2D eigenvalue weighted by atomic mass is 16.5. The van der Waals surface area contributed by atoms with Crippen molar-refractivity contribution in [1.29, 1.82) is 0 Å². The van der Waals surface area contributed by atoms with Crippen LogP contribution >= 0.6 is 0 Å². The summed E-state index contributed by atoms with van der Waals surface area (Å²) in [6.45, 7) is 1.96. The molecule has 18 heavy (non-hydrogen) atoms. The van der Waals surface area contributed by atoms with Gasteiger partial charge in [0.05, 0.1) is 13.2 Å². The first-order chi connectivity index (χ1) is 8.72. The first kappa shape index (κ1) is 12.7. The van der Waals surface area contributed by atoms with E-state index in [2.05, 4.69) is 17.4 Å². The highest BCUT2D eigenvalue weighted by Gasteiger charge is 2.13. The van der Waals surface area contributed by atoms with E-state index >= 15 is 0 Å². The van der Waals surface area contributed by atoms with E-state index in [4.69, 9.17) is 9.15 Å². The second-order valence-electron chi connectivity index (χ2n) is 4.34. The molecule has 0 saturated carbocycles. The number of rotatable bonds is 5. The Morgan fingerprint density at radius 1 is 1.17 bits per heavy atom. The van der Waals surface area contributed by atoms with E-state index in [1.165, 1.54) is 5.56 Å². The summed E-state index contributed by atoms with van der Waals surface area (Å²) in [6.07, 6.45) is 0.896. The highest BCUT2D eigenvalue weighted by molar-refractivity contribution is 5.28. The third-order valence-corrected chi connectivity index (χ3v) is 3.05. The quantitative estimate of drug-likeness (QED) is 0.879. The van der Waals surface area contributed by atoms with Crippen LogP contribution in [0.3, 0.4) is 0 Å². The Hall–Kier alpha value is -1.74. The molecule has 1 atom stereocenters. The molecule has 0 aliphatic heterocycles. The monoisotopic (exact) mass is 245 g/mol. The SMILES string of the molecule is CNC(Cc1ccc(OC)cc1)c1ccc(C)o1. The van der Waals surface area contributed by atoms with Crippen LogP contribution in [-0.2, 0) is 6.42 Å². The molecule has 0 bridgehead atoms. The molecule has 0 spiro atoms. The third-order valence-electron chi connectivity index (χ3n) is 3.05. The van der Waals surface area contributed by atoms with Gasteiger partial charge in [-0.3, -0.25) is 0 Å². The molecule has 3 nitrogen and oxygen atoms in total. The second kappa shape index (κ2) is 5.74. The van der Waals surface area contributed by atoms with Gasteiger partial charge in [0, 0.05) is 0 Å². The van der Waals surface area contributed by atoms with Crippen LogP contribution in [0.25, 0.3) is 0 Å². The molecule has 1 aromatic carbocycles. The van der Waals surface area contributed by atoms with Gasteiger partial charge in [0.25, 0.3) is 0 Å². The Kier molecular flexibility index (Phi) is 4.05. The van der Waals surface area contributed by atoms with Crippen LogP contribution in [0.15, 0.2) is 40.8 Å². The van der Waals surface area contributed by atoms with Gasteiger partial charge in [-0.25, -0.2) is 0 Å². The zero-order valence-corrected chi connectivity index (χ0v) is 11.1. The third kappa shape index (κ3) is 2.93. The predicted molar refractivity (Wildman–Crippen MR) is 71.9 cm³/mol. The summed E-state index contributed by atoms with van der Waals surface area (Å²) < 4.78 is 10.8. The van der Waals surface area contributed by atoms with Gasteiger partial charge in [-0.15, -0.1) is 0 Å². The average Bonchev–Trinajstić information content (AvgIpc) is 2.83. The minimum absolute atomic E-state index is 0.201. The van der Waals surface area contributed by atoms with Gasteiger partial charge in [0.15, 0.2) is 0 Å². The minimum atomic E-state index is 0.201. The highest BCUT2D eigenvalue weighted by Crippen LogP contribution is 2.21. The maximum absolute atomic E-state index is 5.67. The van der Waals surface area contributed by atoms with Gasteiger partial charge in [-0.2, -0.15) is 0 Å². The molecule has 0 saturated heterocycles. The lowest BCUT2D eigenvalue weighted by atomic mass is 10.0. The molecule has 1 N–H and O–H groups in total. The number of ether oxygens (including phenoxy) is 1. The fraction of sp³-hybridized carbons (Fsp3) is 0.333. The summed E-state index contributed by atoms with van der Waals surface area (Å²) in [5.41, 5.74) is 1.25. The van der Waals surface area contributed by atoms with E-state index in [9.17, 15) is 0 Å². The maximum Gasteiger partial charge on any atom is 0.121 e. The Labute approximate surface area is 108 Å². The number of benzene rings is 1. The van der Waals surface area contributed by atoms with Crippen molar-refractivity contribution in [1.82, 2.24) is 5.32 Å². The minimum Gasteiger partial charge on any atom is -0.497 e. The predicted octanol–water partition coefficient (Wildman–Crippen LogP) is 3.10. The van der Waals surface area contributed by atoms with Crippen LogP contribution in [0, 0.1) is 6.92 Å². The molecule has 2 rings (SSSR count). The summed E-state index contributed by atoms with van der Waals surface area (Å²) in [6, 6.07) is 12.4. The van der Waals surface area contributed by atoms with Crippen LogP contribution < -0.4 is 10.1 Å². The van der Waals surface area contributed by atoms with Gasteiger partial charge >= 0.3 is 0 Å². The maximum atomic E-state index is 5.67. The Balaban J connectivity index is 2.10. The smallest absolute Gasteiger partial charge is 0.121 e. The average molecular weight is 245 g/mol. The van der Waals surface area contributed by atoms with Crippen molar-refractivity contribution in [2.45, 2.75) is 19.4 Å². The molecule has 0 fully saturated rings. The molecule has 1 heterocycles. The topological polar surface area (TPSA) is 34.4 Å². The van der Waals surface area contributed by atoms with Gasteiger partial charge < -0.3 is 14.5 Å². The standard InChI is InChI=1S/C15H19NO2/c1-11-4-9-15(18-11)14(16-2)10-12-5-7-13(17-3)8-6-12/h4-9,14,16H,10H2,1-3H3. The van der Waals surface area contributed by atoms with E-state index < -0.39 is 0 Å². The molecule has 96 valence electrons. The van der Waals surface area contributed by atoms with Gasteiger partial charge in [0.2, 0.25) is 0 Å². The molecular weight excluding hydrogens is 226 g/mol. The zero-order chi connectivity index (χ0) is 13.0. The number of hydrogen-bond donors (Lipinski definition) is 1. The van der Waals surface area contributed by atoms with Crippen LogP contribution in [0.1, 0.15) is 23.1 Å². The molecule has 0 radical (unpaired) electrons. The van der Waals surface area contributed by atoms with Crippen LogP contribution in [0.5, 0.6) is 5.75 Å². The number of nitrogens with one attached hydrogen (secondary N) is 1. The largest absolute Gasteiger partial charge is 0.497 e. The second-order valence-corrected chi connectivity index (χ2v) is 4.34. The van der Waals surface area contributed by atoms with Crippen LogP contribution in [0.4, 0.5) is 0 Å². The van der Waals surface area contributed by atoms with E-state index in [0.717, 1.165) is 23.7 Å². The number of hydrogen-bond acceptors (Lipinski definition) is 3. The van der Waals surface area contributed by atoms with E-state index in [-0.39, 0.29) is 6.04 Å². The molecule has 1 aromatic heterocycles. The summed E-state index contributed by atoms with van der Waals surface area (Å²) in [5, 5.41) is 3.28. The Bertz CT molecular complexity index is 487. The number of likely N-dealkylation sites (N-methyl/N-ethyl adjacent to an activating group) is 1. The van der Waals surface area contributed by atoms with Crippen molar-refractivity contribution in [2.75, 3.05) is 14.2 Å². The van der Waals surface area contributed by atoms with Crippen molar-refractivity contribution in [3.8, 4) is 5.75 Å². The number of aryl methyl sites for hydroxylation is 1. The van der Waals surface area contributed by atoms with E-state index in [0.29, 0.717) is 0 Å². The zero-order valence-electron chi connectivity index (χ0n) is 11.1. The fourth-order valence-electron chi connectivity index (χ4n) is 1.98. The van der Waals surface area contributed by atoms with Crippen LogP contribution in [0.2, 0.25) is 0 Å². The summed E-state index contributed by atoms with van der Waals surface area (Å²) >= 11 is 0. The fourth-order valence-corrected chi connectivity index (χ4v) is 1.98. The van der Waals surface area contributed by atoms with Crippen molar-refractivity contribution in [2.24, 2.45) is 0 Å². The van der Waals surface area contributed by atoms with Gasteiger partial charge in [-0.05, 0) is 50.2 Å². The molecule has 3 heteroatoms. The Morgan fingerprint density at radius 2 is 1.89 bits per heavy atom. The summed E-state index contributed by atoms with van der Waals surface area (Å²) in [7, 11) is 3.63. The molecule has 0 amide bonds. The Morgan fingerprint density at radius 3 is 2.39 bits per heavy atom. The summed E-state index contributed by atoms with van der Waals surface area (Å²) in [5.74, 6) is 2.80. The van der Waals surface area contributed by atoms with Gasteiger partial charge in [0.1, 0.15) is 17.3 Å². The first-order valence-corrected chi connectivity index (χ1v) is 6.09. The van der Waals surface area contributed by atoms with Crippen molar-refractivity contribution >= 4 is 0 Å². The summed E-state index contributed by atoms with van der Waals surface area (Å²) in [4.78, 5) is 0. The van der Waals surface area contributed by atoms with Crippen molar-refractivity contribution in [3.63, 3.8) is 0 Å². The lowest BCUT2D eigenvalue weighted by molar-refractivity contribution is 0.411. The number of methoxy groups -OCH3 is 1. The molecule has 0 aliphatic rings. The van der Waals surface area contributed by atoms with E-state index in [1.807, 2.05) is 38.2 Å². The molecule has 0 aliphatic carbocycles. The van der Waals surface area contributed by atoms with Crippen molar-refractivity contribution < 1.29 is 9.15 Å². The normalized spacial score (nSPS) is 12.4. The van der Waals surface area contributed by atoms with Gasteiger partial charge in [-0.1, -0.05) is 12.1 Å².